The summed E-state index contributed by atoms with van der Waals surface area (Å²) in [6.45, 7) is 6.69. The van der Waals surface area contributed by atoms with Crippen LogP contribution in [-0.2, 0) is 0 Å². The fourth-order valence-electron chi connectivity index (χ4n) is 2.98. The number of rotatable bonds is 4. The van der Waals surface area contributed by atoms with Crippen molar-refractivity contribution in [3.05, 3.63) is 53.5 Å². The normalized spacial score (nSPS) is 15.3. The van der Waals surface area contributed by atoms with Crippen molar-refractivity contribution in [3.63, 3.8) is 0 Å². The lowest BCUT2D eigenvalue weighted by Crippen LogP contribution is -2.40. The van der Waals surface area contributed by atoms with E-state index in [1.54, 1.807) is 18.5 Å². The summed E-state index contributed by atoms with van der Waals surface area (Å²) < 4.78 is 0. The summed E-state index contributed by atoms with van der Waals surface area (Å²) in [6.07, 6.45) is 7.28. The van der Waals surface area contributed by atoms with E-state index in [0.717, 1.165) is 38.3 Å². The van der Waals surface area contributed by atoms with Gasteiger partial charge in [0.1, 0.15) is 5.82 Å². The Bertz CT molecular complexity index is 694. The van der Waals surface area contributed by atoms with Gasteiger partial charge >= 0.3 is 0 Å². The molecule has 24 heavy (non-hydrogen) atoms. The van der Waals surface area contributed by atoms with Crippen LogP contribution in [0.25, 0.3) is 0 Å². The highest BCUT2D eigenvalue weighted by molar-refractivity contribution is 5.93. The van der Waals surface area contributed by atoms with Crippen molar-refractivity contribution in [1.82, 2.24) is 14.9 Å². The van der Waals surface area contributed by atoms with Crippen molar-refractivity contribution in [2.45, 2.75) is 26.7 Å². The first-order valence-electron chi connectivity index (χ1n) is 8.50. The van der Waals surface area contributed by atoms with Crippen LogP contribution in [0.15, 0.2) is 36.8 Å². The SMILES string of the molecule is Cc1cnc(NCC2CCN(C(=O)c3cccnc3)CC2)cc1C. The number of likely N-dealkylation sites (tertiary alicyclic amines) is 1. The molecule has 2 aromatic rings. The monoisotopic (exact) mass is 324 g/mol. The molecule has 0 spiro atoms. The van der Waals surface area contributed by atoms with E-state index in [2.05, 4.69) is 35.2 Å². The van der Waals surface area contributed by atoms with Crippen molar-refractivity contribution in [2.75, 3.05) is 25.0 Å². The topological polar surface area (TPSA) is 58.1 Å². The zero-order chi connectivity index (χ0) is 16.9. The van der Waals surface area contributed by atoms with Crippen LogP contribution in [0.1, 0.15) is 34.3 Å². The molecule has 0 saturated carbocycles. The number of anilines is 1. The molecule has 1 aliphatic heterocycles. The summed E-state index contributed by atoms with van der Waals surface area (Å²) in [5.74, 6) is 1.60. The molecule has 1 N–H and O–H groups in total. The minimum atomic E-state index is 0.0883. The minimum Gasteiger partial charge on any atom is -0.370 e. The van der Waals surface area contributed by atoms with Crippen LogP contribution in [0.2, 0.25) is 0 Å². The molecule has 0 aromatic carbocycles. The number of carbonyl (C=O) groups is 1. The van der Waals surface area contributed by atoms with Gasteiger partial charge in [-0.3, -0.25) is 9.78 Å². The number of amides is 1. The van der Waals surface area contributed by atoms with Gasteiger partial charge in [0, 0.05) is 38.2 Å². The molecule has 126 valence electrons. The van der Waals surface area contributed by atoms with Gasteiger partial charge in [0.25, 0.3) is 5.91 Å². The second-order valence-corrected chi connectivity index (χ2v) is 6.51. The maximum atomic E-state index is 12.4. The fraction of sp³-hybridized carbons (Fsp3) is 0.421. The van der Waals surface area contributed by atoms with Crippen molar-refractivity contribution >= 4 is 11.7 Å². The van der Waals surface area contributed by atoms with Gasteiger partial charge in [0.2, 0.25) is 0 Å². The Balaban J connectivity index is 1.48. The predicted octanol–water partition coefficient (Wildman–Crippen LogP) is 3.06. The second-order valence-electron chi connectivity index (χ2n) is 6.51. The largest absolute Gasteiger partial charge is 0.370 e. The quantitative estimate of drug-likeness (QED) is 0.939. The van der Waals surface area contributed by atoms with Crippen LogP contribution in [0.5, 0.6) is 0 Å². The second kappa shape index (κ2) is 7.43. The van der Waals surface area contributed by atoms with Gasteiger partial charge in [-0.1, -0.05) is 0 Å². The summed E-state index contributed by atoms with van der Waals surface area (Å²) in [6, 6.07) is 5.73. The van der Waals surface area contributed by atoms with E-state index >= 15 is 0 Å². The first-order chi connectivity index (χ1) is 11.6. The smallest absolute Gasteiger partial charge is 0.255 e. The first-order valence-corrected chi connectivity index (χ1v) is 8.50. The third-order valence-electron chi connectivity index (χ3n) is 4.75. The van der Waals surface area contributed by atoms with E-state index in [1.807, 2.05) is 17.2 Å². The molecule has 0 unspecified atom stereocenters. The maximum Gasteiger partial charge on any atom is 0.255 e. The van der Waals surface area contributed by atoms with Crippen LogP contribution in [-0.4, -0.2) is 40.4 Å². The summed E-state index contributed by atoms with van der Waals surface area (Å²) in [5, 5.41) is 3.43. The number of piperidine rings is 1. The Hall–Kier alpha value is -2.43. The average Bonchev–Trinajstić information content (AvgIpc) is 2.63. The highest BCUT2D eigenvalue weighted by Crippen LogP contribution is 2.20. The number of aryl methyl sites for hydroxylation is 2. The number of aromatic nitrogens is 2. The van der Waals surface area contributed by atoms with Crippen LogP contribution in [0.3, 0.4) is 0 Å². The summed E-state index contributed by atoms with van der Waals surface area (Å²) in [4.78, 5) is 22.8. The van der Waals surface area contributed by atoms with E-state index in [4.69, 9.17) is 0 Å². The molecule has 5 heteroatoms. The van der Waals surface area contributed by atoms with Crippen molar-refractivity contribution in [1.29, 1.82) is 0 Å². The maximum absolute atomic E-state index is 12.4. The van der Waals surface area contributed by atoms with E-state index in [-0.39, 0.29) is 5.91 Å². The molecule has 5 nitrogen and oxygen atoms in total. The summed E-state index contributed by atoms with van der Waals surface area (Å²) in [7, 11) is 0. The Morgan fingerprint density at radius 2 is 2.04 bits per heavy atom. The molecule has 2 aromatic heterocycles. The van der Waals surface area contributed by atoms with Crippen molar-refractivity contribution in [3.8, 4) is 0 Å². The Morgan fingerprint density at radius 3 is 2.71 bits per heavy atom. The lowest BCUT2D eigenvalue weighted by Gasteiger charge is -2.32. The highest BCUT2D eigenvalue weighted by atomic mass is 16.2. The summed E-state index contributed by atoms with van der Waals surface area (Å²) in [5.41, 5.74) is 3.14. The van der Waals surface area contributed by atoms with Gasteiger partial charge < -0.3 is 10.2 Å². The molecule has 1 saturated heterocycles. The van der Waals surface area contributed by atoms with E-state index < -0.39 is 0 Å². The van der Waals surface area contributed by atoms with Gasteiger partial charge in [-0.05, 0) is 61.9 Å². The van der Waals surface area contributed by atoms with E-state index in [1.165, 1.54) is 11.1 Å². The molecular weight excluding hydrogens is 300 g/mol. The van der Waals surface area contributed by atoms with Crippen molar-refractivity contribution in [2.24, 2.45) is 5.92 Å². The van der Waals surface area contributed by atoms with Gasteiger partial charge in [-0.25, -0.2) is 4.98 Å². The van der Waals surface area contributed by atoms with Gasteiger partial charge in [0.05, 0.1) is 5.56 Å². The van der Waals surface area contributed by atoms with Crippen LogP contribution in [0.4, 0.5) is 5.82 Å². The third kappa shape index (κ3) is 3.91. The predicted molar refractivity (Wildman–Crippen MR) is 95.1 cm³/mol. The summed E-state index contributed by atoms with van der Waals surface area (Å²) >= 11 is 0. The molecule has 0 aliphatic carbocycles. The third-order valence-corrected chi connectivity index (χ3v) is 4.75. The molecule has 1 aliphatic rings. The average molecular weight is 324 g/mol. The molecular formula is C19H24N4O. The Labute approximate surface area is 143 Å². The van der Waals surface area contributed by atoms with Gasteiger partial charge in [0.15, 0.2) is 0 Å². The standard InChI is InChI=1S/C19H24N4O/c1-14-10-18(21-11-15(14)2)22-12-16-5-8-23(9-6-16)19(24)17-4-3-7-20-13-17/h3-4,7,10-11,13,16H,5-6,8-9,12H2,1-2H3,(H,21,22). The molecule has 1 amide bonds. The van der Waals surface area contributed by atoms with E-state index in [9.17, 15) is 4.79 Å². The number of hydrogen-bond donors (Lipinski definition) is 1. The highest BCUT2D eigenvalue weighted by Gasteiger charge is 2.23. The zero-order valence-corrected chi connectivity index (χ0v) is 14.3. The van der Waals surface area contributed by atoms with E-state index in [0.29, 0.717) is 11.5 Å². The Morgan fingerprint density at radius 1 is 1.25 bits per heavy atom. The number of carbonyl (C=O) groups excluding carboxylic acids is 1. The molecule has 3 heterocycles. The van der Waals surface area contributed by atoms with Crippen LogP contribution in [0, 0.1) is 19.8 Å². The number of nitrogens with one attached hydrogen (secondary N) is 1. The fourth-order valence-corrected chi connectivity index (χ4v) is 2.98. The molecule has 1 fully saturated rings. The van der Waals surface area contributed by atoms with Crippen molar-refractivity contribution < 1.29 is 4.79 Å². The molecule has 0 atom stereocenters. The van der Waals surface area contributed by atoms with Crippen LogP contribution < -0.4 is 5.32 Å². The number of hydrogen-bond acceptors (Lipinski definition) is 4. The molecule has 0 bridgehead atoms. The Kier molecular flexibility index (Phi) is 5.08. The number of nitrogens with zero attached hydrogens (tertiary/aromatic N) is 3. The molecule has 0 radical (unpaired) electrons. The molecule has 3 rings (SSSR count). The zero-order valence-electron chi connectivity index (χ0n) is 14.3. The number of pyridine rings is 2. The van der Waals surface area contributed by atoms with Crippen LogP contribution >= 0.6 is 0 Å². The van der Waals surface area contributed by atoms with Gasteiger partial charge in [-0.2, -0.15) is 0 Å². The first kappa shape index (κ1) is 16.4. The lowest BCUT2D eigenvalue weighted by atomic mass is 9.96. The minimum absolute atomic E-state index is 0.0883. The lowest BCUT2D eigenvalue weighted by molar-refractivity contribution is 0.0694. The van der Waals surface area contributed by atoms with Gasteiger partial charge in [-0.15, -0.1) is 0 Å².